The Morgan fingerprint density at radius 2 is 2.00 bits per heavy atom. The summed E-state index contributed by atoms with van der Waals surface area (Å²) in [6, 6.07) is 0. The standard InChI is InChI=1S/C11H20O3S2/c1-8-3-2-4-9(5-8)15-11-7-16(13,14)6-10(11)12/h8-12H,2-7H2,1H3. The van der Waals surface area contributed by atoms with Gasteiger partial charge >= 0.3 is 0 Å². The fraction of sp³-hybridized carbons (Fsp3) is 1.00. The quantitative estimate of drug-likeness (QED) is 0.820. The largest absolute Gasteiger partial charge is 0.391 e. The minimum absolute atomic E-state index is 0.0348. The molecule has 3 nitrogen and oxygen atoms in total. The molecule has 4 atom stereocenters. The molecule has 1 saturated heterocycles. The Morgan fingerprint density at radius 1 is 1.25 bits per heavy atom. The van der Waals surface area contributed by atoms with E-state index in [1.54, 1.807) is 11.8 Å². The molecule has 16 heavy (non-hydrogen) atoms. The van der Waals surface area contributed by atoms with Crippen LogP contribution in [0, 0.1) is 5.92 Å². The van der Waals surface area contributed by atoms with Gasteiger partial charge < -0.3 is 5.11 Å². The zero-order valence-corrected chi connectivity index (χ0v) is 11.3. The average molecular weight is 264 g/mol. The highest BCUT2D eigenvalue weighted by Crippen LogP contribution is 2.37. The molecule has 5 heteroatoms. The van der Waals surface area contributed by atoms with Crippen molar-refractivity contribution in [3.8, 4) is 0 Å². The Balaban J connectivity index is 1.90. The second-order valence-electron chi connectivity index (χ2n) is 5.21. The number of rotatable bonds is 2. The lowest BCUT2D eigenvalue weighted by Gasteiger charge is -2.28. The molecule has 2 rings (SSSR count). The molecule has 0 aromatic heterocycles. The fourth-order valence-electron chi connectivity index (χ4n) is 2.68. The number of hydrogen-bond acceptors (Lipinski definition) is 4. The summed E-state index contributed by atoms with van der Waals surface area (Å²) in [6.45, 7) is 2.26. The Bertz CT molecular complexity index is 339. The van der Waals surface area contributed by atoms with E-state index < -0.39 is 15.9 Å². The summed E-state index contributed by atoms with van der Waals surface area (Å²) < 4.78 is 22.8. The van der Waals surface area contributed by atoms with Crippen LogP contribution in [0.3, 0.4) is 0 Å². The van der Waals surface area contributed by atoms with Crippen molar-refractivity contribution in [2.75, 3.05) is 11.5 Å². The summed E-state index contributed by atoms with van der Waals surface area (Å²) in [5.74, 6) is 0.887. The second kappa shape index (κ2) is 4.86. The zero-order chi connectivity index (χ0) is 11.8. The molecule has 0 spiro atoms. The van der Waals surface area contributed by atoms with E-state index in [0.29, 0.717) is 5.25 Å². The van der Waals surface area contributed by atoms with Crippen molar-refractivity contribution in [2.45, 2.75) is 49.2 Å². The first kappa shape index (κ1) is 12.7. The number of aliphatic hydroxyl groups is 1. The lowest BCUT2D eigenvalue weighted by Crippen LogP contribution is -2.25. The molecule has 0 aromatic rings. The topological polar surface area (TPSA) is 54.4 Å². The van der Waals surface area contributed by atoms with Gasteiger partial charge in [0, 0.05) is 10.5 Å². The summed E-state index contributed by atoms with van der Waals surface area (Å²) in [7, 11) is -2.98. The van der Waals surface area contributed by atoms with Crippen LogP contribution in [-0.2, 0) is 9.84 Å². The molecule has 0 radical (unpaired) electrons. The highest BCUT2D eigenvalue weighted by Gasteiger charge is 2.38. The third-order valence-electron chi connectivity index (χ3n) is 3.53. The van der Waals surface area contributed by atoms with Crippen molar-refractivity contribution in [3.63, 3.8) is 0 Å². The number of hydrogen-bond donors (Lipinski definition) is 1. The van der Waals surface area contributed by atoms with Gasteiger partial charge in [0.05, 0.1) is 17.6 Å². The van der Waals surface area contributed by atoms with Crippen molar-refractivity contribution >= 4 is 21.6 Å². The lowest BCUT2D eigenvalue weighted by atomic mass is 9.91. The summed E-state index contributed by atoms with van der Waals surface area (Å²) in [4.78, 5) is 0. The van der Waals surface area contributed by atoms with E-state index in [2.05, 4.69) is 6.92 Å². The van der Waals surface area contributed by atoms with Crippen LogP contribution in [0.25, 0.3) is 0 Å². The molecular weight excluding hydrogens is 244 g/mol. The van der Waals surface area contributed by atoms with Crippen molar-refractivity contribution in [3.05, 3.63) is 0 Å². The SMILES string of the molecule is CC1CCCC(SC2CS(=O)(=O)CC2O)C1. The summed E-state index contributed by atoms with van der Waals surface area (Å²) in [5.41, 5.74) is 0. The molecular formula is C11H20O3S2. The van der Waals surface area contributed by atoms with Crippen LogP contribution in [-0.4, -0.2) is 41.6 Å². The van der Waals surface area contributed by atoms with Gasteiger partial charge in [-0.05, 0) is 18.8 Å². The van der Waals surface area contributed by atoms with Crippen LogP contribution in [0.1, 0.15) is 32.6 Å². The summed E-state index contributed by atoms with van der Waals surface area (Å²) in [6.07, 6.45) is 4.25. The molecule has 1 saturated carbocycles. The predicted octanol–water partition coefficient (Wildman–Crippen LogP) is 1.46. The van der Waals surface area contributed by atoms with Crippen LogP contribution in [0.2, 0.25) is 0 Å². The molecule has 1 aliphatic carbocycles. The smallest absolute Gasteiger partial charge is 0.154 e. The molecule has 1 N–H and O–H groups in total. The minimum Gasteiger partial charge on any atom is -0.391 e. The Labute approximate surface area is 102 Å². The maximum Gasteiger partial charge on any atom is 0.154 e. The molecule has 0 aromatic carbocycles. The van der Waals surface area contributed by atoms with E-state index in [-0.39, 0.29) is 16.8 Å². The normalized spacial score (nSPS) is 43.4. The zero-order valence-electron chi connectivity index (χ0n) is 9.63. The molecule has 2 fully saturated rings. The highest BCUT2D eigenvalue weighted by molar-refractivity contribution is 8.02. The van der Waals surface area contributed by atoms with Crippen molar-refractivity contribution in [1.29, 1.82) is 0 Å². The predicted molar refractivity (Wildman–Crippen MR) is 67.5 cm³/mol. The van der Waals surface area contributed by atoms with Gasteiger partial charge in [0.1, 0.15) is 0 Å². The van der Waals surface area contributed by atoms with Gasteiger partial charge in [-0.2, -0.15) is 11.8 Å². The van der Waals surface area contributed by atoms with E-state index in [1.807, 2.05) is 0 Å². The van der Waals surface area contributed by atoms with E-state index in [9.17, 15) is 13.5 Å². The first-order valence-corrected chi connectivity index (χ1v) is 8.76. The van der Waals surface area contributed by atoms with Crippen LogP contribution < -0.4 is 0 Å². The number of sulfone groups is 1. The van der Waals surface area contributed by atoms with Crippen molar-refractivity contribution in [2.24, 2.45) is 5.92 Å². The molecule has 4 unspecified atom stereocenters. The first-order chi connectivity index (χ1) is 7.46. The van der Waals surface area contributed by atoms with Crippen molar-refractivity contribution in [1.82, 2.24) is 0 Å². The highest BCUT2D eigenvalue weighted by atomic mass is 32.2. The van der Waals surface area contributed by atoms with Gasteiger partial charge in [-0.1, -0.05) is 19.8 Å². The van der Waals surface area contributed by atoms with E-state index in [1.165, 1.54) is 25.7 Å². The molecule has 1 heterocycles. The summed E-state index contributed by atoms with van der Waals surface area (Å²) in [5, 5.41) is 10.2. The van der Waals surface area contributed by atoms with Gasteiger partial charge in [-0.25, -0.2) is 8.42 Å². The third-order valence-corrected chi connectivity index (χ3v) is 7.10. The Kier molecular flexibility index (Phi) is 3.86. The monoisotopic (exact) mass is 264 g/mol. The summed E-state index contributed by atoms with van der Waals surface area (Å²) >= 11 is 1.71. The fourth-order valence-corrected chi connectivity index (χ4v) is 6.86. The maximum atomic E-state index is 11.4. The average Bonchev–Trinajstić information content (AvgIpc) is 2.39. The lowest BCUT2D eigenvalue weighted by molar-refractivity contribution is 0.207. The van der Waals surface area contributed by atoms with Crippen LogP contribution in [0.5, 0.6) is 0 Å². The molecule has 0 bridgehead atoms. The van der Waals surface area contributed by atoms with Crippen molar-refractivity contribution < 1.29 is 13.5 Å². The van der Waals surface area contributed by atoms with Gasteiger partial charge in [-0.15, -0.1) is 0 Å². The first-order valence-electron chi connectivity index (χ1n) is 6.00. The van der Waals surface area contributed by atoms with Gasteiger partial charge in [-0.3, -0.25) is 0 Å². The van der Waals surface area contributed by atoms with E-state index >= 15 is 0 Å². The second-order valence-corrected chi connectivity index (χ2v) is 8.91. The molecule has 0 amide bonds. The molecule has 94 valence electrons. The number of thioether (sulfide) groups is 1. The Morgan fingerprint density at radius 3 is 2.56 bits per heavy atom. The van der Waals surface area contributed by atoms with E-state index in [0.717, 1.165) is 5.92 Å². The van der Waals surface area contributed by atoms with Gasteiger partial charge in [0.25, 0.3) is 0 Å². The Hall–Kier alpha value is 0.260. The van der Waals surface area contributed by atoms with Crippen LogP contribution in [0.15, 0.2) is 0 Å². The molecule has 1 aliphatic heterocycles. The van der Waals surface area contributed by atoms with Gasteiger partial charge in [0.2, 0.25) is 0 Å². The minimum atomic E-state index is -2.98. The maximum absolute atomic E-state index is 11.4. The molecule has 2 aliphatic rings. The van der Waals surface area contributed by atoms with E-state index in [4.69, 9.17) is 0 Å². The third kappa shape index (κ3) is 3.14. The van der Waals surface area contributed by atoms with Crippen LogP contribution >= 0.6 is 11.8 Å². The number of aliphatic hydroxyl groups excluding tert-OH is 1. The van der Waals surface area contributed by atoms with Gasteiger partial charge in [0.15, 0.2) is 9.84 Å². The van der Waals surface area contributed by atoms with Crippen LogP contribution in [0.4, 0.5) is 0 Å².